The second-order valence-electron chi connectivity index (χ2n) is 6.97. The summed E-state index contributed by atoms with van der Waals surface area (Å²) in [4.78, 5) is 24.6. The van der Waals surface area contributed by atoms with Gasteiger partial charge in [0.05, 0.1) is 0 Å². The van der Waals surface area contributed by atoms with Gasteiger partial charge in [0.15, 0.2) is 0 Å². The lowest BCUT2D eigenvalue weighted by molar-refractivity contribution is -0.123. The van der Waals surface area contributed by atoms with E-state index in [9.17, 15) is 9.59 Å². The van der Waals surface area contributed by atoms with E-state index in [2.05, 4.69) is 16.0 Å². The Balaban J connectivity index is 1.76. The molecule has 2 aromatic carbocycles. The van der Waals surface area contributed by atoms with Crippen molar-refractivity contribution in [3.8, 4) is 0 Å². The van der Waals surface area contributed by atoms with Gasteiger partial charge in [-0.3, -0.25) is 4.79 Å². The zero-order valence-electron chi connectivity index (χ0n) is 16.5. The highest BCUT2D eigenvalue weighted by Crippen LogP contribution is 2.07. The molecule has 0 heterocycles. The maximum absolute atomic E-state index is 12.5. The number of ether oxygens (including phenoxy) is 1. The number of anilines is 1. The van der Waals surface area contributed by atoms with Crippen LogP contribution in [0.5, 0.6) is 0 Å². The van der Waals surface area contributed by atoms with Crippen molar-refractivity contribution in [3.05, 3.63) is 66.2 Å². The van der Waals surface area contributed by atoms with Crippen molar-refractivity contribution in [2.24, 2.45) is 5.92 Å². The maximum atomic E-state index is 12.5. The minimum Gasteiger partial charge on any atom is -0.445 e. The van der Waals surface area contributed by atoms with E-state index in [1.54, 1.807) is 0 Å². The first-order valence-corrected chi connectivity index (χ1v) is 9.58. The summed E-state index contributed by atoms with van der Waals surface area (Å²) in [6, 6.07) is 18.6. The Morgan fingerprint density at radius 1 is 0.929 bits per heavy atom. The van der Waals surface area contributed by atoms with E-state index in [1.807, 2.05) is 74.5 Å². The fourth-order valence-corrected chi connectivity index (χ4v) is 2.68. The molecule has 6 nitrogen and oxygen atoms in total. The zero-order chi connectivity index (χ0) is 20.2. The van der Waals surface area contributed by atoms with E-state index >= 15 is 0 Å². The van der Waals surface area contributed by atoms with Crippen LogP contribution in [-0.4, -0.2) is 31.1 Å². The quantitative estimate of drug-likeness (QED) is 0.548. The van der Waals surface area contributed by atoms with Gasteiger partial charge in [-0.1, -0.05) is 62.4 Å². The number of benzene rings is 2. The molecule has 6 heteroatoms. The van der Waals surface area contributed by atoms with Crippen LogP contribution in [-0.2, 0) is 16.1 Å². The van der Waals surface area contributed by atoms with Crippen molar-refractivity contribution >= 4 is 17.7 Å². The molecular formula is C22H29N3O3. The summed E-state index contributed by atoms with van der Waals surface area (Å²) in [6.45, 7) is 5.25. The van der Waals surface area contributed by atoms with Crippen molar-refractivity contribution in [1.29, 1.82) is 0 Å². The molecule has 0 aromatic heterocycles. The van der Waals surface area contributed by atoms with Crippen molar-refractivity contribution in [2.45, 2.75) is 32.9 Å². The van der Waals surface area contributed by atoms with Crippen LogP contribution in [0.1, 0.15) is 25.8 Å². The molecular weight excluding hydrogens is 354 g/mol. The third-order valence-electron chi connectivity index (χ3n) is 4.06. The molecule has 0 bridgehead atoms. The topological polar surface area (TPSA) is 79.5 Å². The third-order valence-corrected chi connectivity index (χ3v) is 4.06. The summed E-state index contributed by atoms with van der Waals surface area (Å²) < 4.78 is 5.23. The number of nitrogens with one attached hydrogen (secondary N) is 3. The Bertz CT molecular complexity index is 720. The van der Waals surface area contributed by atoms with Crippen LogP contribution in [0.15, 0.2) is 60.7 Å². The summed E-state index contributed by atoms with van der Waals surface area (Å²) in [5.41, 5.74) is 1.90. The molecule has 0 radical (unpaired) electrons. The van der Waals surface area contributed by atoms with Crippen LogP contribution >= 0.6 is 0 Å². The minimum absolute atomic E-state index is 0.170. The van der Waals surface area contributed by atoms with Gasteiger partial charge in [-0.05, 0) is 30.0 Å². The highest BCUT2D eigenvalue weighted by atomic mass is 16.5. The van der Waals surface area contributed by atoms with E-state index in [1.165, 1.54) is 0 Å². The van der Waals surface area contributed by atoms with E-state index in [-0.39, 0.29) is 18.4 Å². The first-order valence-electron chi connectivity index (χ1n) is 9.58. The normalized spacial score (nSPS) is 11.5. The molecule has 0 unspecified atom stereocenters. The van der Waals surface area contributed by atoms with E-state index < -0.39 is 12.1 Å². The predicted molar refractivity (Wildman–Crippen MR) is 111 cm³/mol. The lowest BCUT2D eigenvalue weighted by Gasteiger charge is -2.20. The van der Waals surface area contributed by atoms with Crippen LogP contribution in [0.4, 0.5) is 10.5 Å². The Morgan fingerprint density at radius 2 is 1.57 bits per heavy atom. The molecule has 2 rings (SSSR count). The van der Waals surface area contributed by atoms with E-state index in [0.717, 1.165) is 11.3 Å². The highest BCUT2D eigenvalue weighted by molar-refractivity contribution is 5.85. The first kappa shape index (κ1) is 21.3. The molecule has 0 fully saturated rings. The van der Waals surface area contributed by atoms with Gasteiger partial charge < -0.3 is 20.7 Å². The molecule has 2 amide bonds. The Hall–Kier alpha value is -3.02. The molecule has 0 aliphatic rings. The van der Waals surface area contributed by atoms with Crippen molar-refractivity contribution < 1.29 is 14.3 Å². The van der Waals surface area contributed by atoms with E-state index in [4.69, 9.17) is 4.74 Å². The molecule has 0 aliphatic heterocycles. The summed E-state index contributed by atoms with van der Waals surface area (Å²) in [5, 5.41) is 8.78. The Morgan fingerprint density at radius 3 is 2.21 bits per heavy atom. The van der Waals surface area contributed by atoms with Crippen LogP contribution in [0.3, 0.4) is 0 Å². The number of amides is 2. The maximum Gasteiger partial charge on any atom is 0.408 e. The van der Waals surface area contributed by atoms with Crippen LogP contribution in [0.2, 0.25) is 0 Å². The van der Waals surface area contributed by atoms with Gasteiger partial charge in [-0.15, -0.1) is 0 Å². The summed E-state index contributed by atoms with van der Waals surface area (Å²) in [5.74, 6) is 0.0489. The standard InChI is InChI=1S/C22H29N3O3/c1-17(2)15-20(25-22(27)28-16-18-9-5-3-6-10-18)21(26)24-14-13-23-19-11-7-4-8-12-19/h3-12,17,20,23H,13-16H2,1-2H3,(H,24,26)(H,25,27)/t20-/m0/s1. The molecule has 0 saturated heterocycles. The number of carbonyl (C=O) groups excluding carboxylic acids is 2. The monoisotopic (exact) mass is 383 g/mol. The number of hydrogen-bond donors (Lipinski definition) is 3. The molecule has 2 aromatic rings. The molecule has 0 spiro atoms. The molecule has 150 valence electrons. The van der Waals surface area contributed by atoms with Crippen LogP contribution in [0, 0.1) is 5.92 Å². The average Bonchev–Trinajstić information content (AvgIpc) is 2.70. The average molecular weight is 383 g/mol. The van der Waals surface area contributed by atoms with Crippen molar-refractivity contribution in [1.82, 2.24) is 10.6 Å². The Labute approximate surface area is 166 Å². The number of para-hydroxylation sites is 1. The van der Waals surface area contributed by atoms with Crippen LogP contribution < -0.4 is 16.0 Å². The van der Waals surface area contributed by atoms with Gasteiger partial charge in [0.1, 0.15) is 12.6 Å². The van der Waals surface area contributed by atoms with Gasteiger partial charge in [0, 0.05) is 18.8 Å². The molecule has 0 aliphatic carbocycles. The summed E-state index contributed by atoms with van der Waals surface area (Å²) in [6.07, 6.45) is -0.0506. The lowest BCUT2D eigenvalue weighted by atomic mass is 10.0. The van der Waals surface area contributed by atoms with Gasteiger partial charge in [0.2, 0.25) is 5.91 Å². The van der Waals surface area contributed by atoms with Gasteiger partial charge in [-0.2, -0.15) is 0 Å². The summed E-state index contributed by atoms with van der Waals surface area (Å²) in [7, 11) is 0. The molecule has 0 saturated carbocycles. The fraction of sp³-hybridized carbons (Fsp3) is 0.364. The lowest BCUT2D eigenvalue weighted by Crippen LogP contribution is -2.48. The Kier molecular flexibility index (Phi) is 8.85. The number of alkyl carbamates (subject to hydrolysis) is 1. The van der Waals surface area contributed by atoms with Gasteiger partial charge >= 0.3 is 6.09 Å². The second-order valence-corrected chi connectivity index (χ2v) is 6.97. The van der Waals surface area contributed by atoms with Crippen LogP contribution in [0.25, 0.3) is 0 Å². The van der Waals surface area contributed by atoms with Gasteiger partial charge in [0.25, 0.3) is 0 Å². The number of rotatable bonds is 10. The number of hydrogen-bond acceptors (Lipinski definition) is 4. The predicted octanol–water partition coefficient (Wildman–Crippen LogP) is 3.56. The third kappa shape index (κ3) is 8.12. The van der Waals surface area contributed by atoms with Gasteiger partial charge in [-0.25, -0.2) is 4.79 Å². The van der Waals surface area contributed by atoms with Crippen molar-refractivity contribution in [2.75, 3.05) is 18.4 Å². The molecule has 1 atom stereocenters. The summed E-state index contributed by atoms with van der Waals surface area (Å²) >= 11 is 0. The largest absolute Gasteiger partial charge is 0.445 e. The van der Waals surface area contributed by atoms with Crippen molar-refractivity contribution in [3.63, 3.8) is 0 Å². The first-order chi connectivity index (χ1) is 13.5. The SMILES string of the molecule is CC(C)C[C@H](NC(=O)OCc1ccccc1)C(=O)NCCNc1ccccc1. The zero-order valence-corrected chi connectivity index (χ0v) is 16.5. The van der Waals surface area contributed by atoms with E-state index in [0.29, 0.717) is 19.5 Å². The fourth-order valence-electron chi connectivity index (χ4n) is 2.68. The second kappa shape index (κ2) is 11.6. The number of carbonyl (C=O) groups is 2. The smallest absolute Gasteiger partial charge is 0.408 e. The minimum atomic E-state index is -0.625. The molecule has 3 N–H and O–H groups in total. The highest BCUT2D eigenvalue weighted by Gasteiger charge is 2.22. The molecule has 28 heavy (non-hydrogen) atoms.